The molecule has 242 valence electrons. The van der Waals surface area contributed by atoms with E-state index >= 15 is 4.79 Å². The van der Waals surface area contributed by atoms with Crippen molar-refractivity contribution in [1.82, 2.24) is 0 Å². The first-order valence-corrected chi connectivity index (χ1v) is 15.7. The summed E-state index contributed by atoms with van der Waals surface area (Å²) in [7, 11) is 0. The topological polar surface area (TPSA) is 186 Å². The van der Waals surface area contributed by atoms with Crippen molar-refractivity contribution in [2.24, 2.45) is 51.8 Å². The summed E-state index contributed by atoms with van der Waals surface area (Å²) in [6.07, 6.45) is -5.34. The fourth-order valence-electron chi connectivity index (χ4n) is 11.7. The third-order valence-corrected chi connectivity index (χ3v) is 13.9. The van der Waals surface area contributed by atoms with E-state index in [1.165, 1.54) is 20.8 Å². The lowest BCUT2D eigenvalue weighted by Gasteiger charge is -2.65. The molecule has 0 spiro atoms. The summed E-state index contributed by atoms with van der Waals surface area (Å²) in [5.41, 5.74) is -7.98. The van der Waals surface area contributed by atoms with Gasteiger partial charge >= 0.3 is 17.9 Å². The van der Waals surface area contributed by atoms with Crippen LogP contribution in [0.4, 0.5) is 0 Å². The monoisotopic (exact) mass is 618 g/mol. The number of carbonyl (C=O) groups is 5. The summed E-state index contributed by atoms with van der Waals surface area (Å²) in [5.74, 6) is -7.84. The van der Waals surface area contributed by atoms with Gasteiger partial charge in [0.1, 0.15) is 41.9 Å². The van der Waals surface area contributed by atoms with Crippen LogP contribution < -0.4 is 0 Å². The van der Waals surface area contributed by atoms with Crippen molar-refractivity contribution in [3.05, 3.63) is 0 Å². The molecule has 0 amide bonds. The molecule has 5 aliphatic carbocycles. The van der Waals surface area contributed by atoms with Crippen molar-refractivity contribution in [3.63, 3.8) is 0 Å². The van der Waals surface area contributed by atoms with Crippen LogP contribution in [0.2, 0.25) is 0 Å². The number of Topliss-reactive ketones (excluding diaryl/α,β-unsaturated/α-hetero) is 2. The molecule has 0 radical (unpaired) electrons. The standard InChI is InChI=1S/C32H42O12/c1-11-8-17-30(6,31(7,39)27(38)44-17)21-19(11)28(4)16(41-12(2)33)9-14-18(20(28)23(21)36)22(35)25(37)32(40)10-15-24(43-15)26(29(14,32)5)42-13(3)34/h11,14-21,24-26,37,39-40H,8-10H2,1-7H3/t11-,14+,15+,16+,17+,18-,19+,20-,21+,24+,25+,26+,28-,29+,30+,31-,32+/m1/s1. The van der Waals surface area contributed by atoms with E-state index in [4.69, 9.17) is 18.9 Å². The number of hydrogen-bond donors (Lipinski definition) is 3. The highest BCUT2D eigenvalue weighted by Crippen LogP contribution is 2.74. The molecule has 2 heterocycles. The molecule has 7 fully saturated rings. The summed E-state index contributed by atoms with van der Waals surface area (Å²) >= 11 is 0. The number of ether oxygens (including phenoxy) is 4. The van der Waals surface area contributed by atoms with Crippen molar-refractivity contribution in [2.75, 3.05) is 0 Å². The molecular formula is C32H42O12. The fraction of sp³-hybridized carbons (Fsp3) is 0.844. The SMILES string of the molecule is CC(=O)O[C@H]1C[C@H]2[C@@H](C(=O)[C@H](O)[C@@]3(O)C[C@@H]4O[C@@H]4[C@H](OC(C)=O)[C@]23C)[C@@H]2C(=O)[C@@H]3[C@H]([C@H](C)C[C@@H]4OC(=O)[C@@](C)(O)[C@@]43C)[C@@]12C. The van der Waals surface area contributed by atoms with Crippen LogP contribution in [0.5, 0.6) is 0 Å². The Bertz CT molecular complexity index is 1390. The second-order valence-electron chi connectivity index (χ2n) is 15.6. The minimum Gasteiger partial charge on any atom is -0.462 e. The van der Waals surface area contributed by atoms with Gasteiger partial charge in [0.25, 0.3) is 0 Å². The van der Waals surface area contributed by atoms with Gasteiger partial charge in [-0.3, -0.25) is 19.2 Å². The number of carbonyl (C=O) groups excluding carboxylic acids is 5. The van der Waals surface area contributed by atoms with Gasteiger partial charge in [-0.1, -0.05) is 27.7 Å². The van der Waals surface area contributed by atoms with Gasteiger partial charge in [0, 0.05) is 48.9 Å². The van der Waals surface area contributed by atoms with E-state index in [0.717, 1.165) is 0 Å². The maximum Gasteiger partial charge on any atom is 0.338 e. The fourth-order valence-corrected chi connectivity index (χ4v) is 11.7. The Hall–Kier alpha value is -2.41. The summed E-state index contributed by atoms with van der Waals surface area (Å²) in [6.45, 7) is 11.0. The molecule has 0 aromatic carbocycles. The number of aliphatic hydroxyl groups excluding tert-OH is 1. The molecule has 3 N–H and O–H groups in total. The van der Waals surface area contributed by atoms with Crippen LogP contribution in [0.15, 0.2) is 0 Å². The number of fused-ring (bicyclic) bond motifs is 10. The summed E-state index contributed by atoms with van der Waals surface area (Å²) in [6, 6.07) is 0. The molecule has 2 saturated heterocycles. The van der Waals surface area contributed by atoms with Crippen LogP contribution in [-0.4, -0.2) is 92.6 Å². The molecule has 7 rings (SSSR count). The first-order chi connectivity index (χ1) is 20.3. The van der Waals surface area contributed by atoms with Crippen molar-refractivity contribution >= 4 is 29.5 Å². The van der Waals surface area contributed by atoms with E-state index in [2.05, 4.69) is 0 Å². The number of esters is 3. The largest absolute Gasteiger partial charge is 0.462 e. The first kappa shape index (κ1) is 30.3. The zero-order valence-electron chi connectivity index (χ0n) is 26.1. The summed E-state index contributed by atoms with van der Waals surface area (Å²) in [5, 5.41) is 35.5. The van der Waals surface area contributed by atoms with Gasteiger partial charge < -0.3 is 34.3 Å². The van der Waals surface area contributed by atoms with Crippen LogP contribution in [0.1, 0.15) is 67.7 Å². The lowest BCUT2D eigenvalue weighted by atomic mass is 9.40. The van der Waals surface area contributed by atoms with E-state index < -0.39 is 117 Å². The molecule has 2 aliphatic heterocycles. The minimum absolute atomic E-state index is 0.0544. The number of ketones is 2. The Morgan fingerprint density at radius 1 is 0.909 bits per heavy atom. The van der Waals surface area contributed by atoms with Gasteiger partial charge in [0.15, 0.2) is 11.4 Å². The molecule has 17 atom stereocenters. The normalized spacial score (nSPS) is 58.4. The van der Waals surface area contributed by atoms with Crippen molar-refractivity contribution in [3.8, 4) is 0 Å². The Kier molecular flexibility index (Phi) is 5.97. The molecule has 0 aromatic heterocycles. The maximum atomic E-state index is 15.1. The highest BCUT2D eigenvalue weighted by Gasteiger charge is 2.84. The highest BCUT2D eigenvalue weighted by molar-refractivity contribution is 5.98. The van der Waals surface area contributed by atoms with Crippen LogP contribution in [0.3, 0.4) is 0 Å². The zero-order valence-corrected chi connectivity index (χ0v) is 26.1. The molecule has 12 heteroatoms. The molecule has 0 aromatic rings. The van der Waals surface area contributed by atoms with Gasteiger partial charge in [0.05, 0.1) is 11.5 Å². The molecule has 44 heavy (non-hydrogen) atoms. The molecule has 7 aliphatic rings. The van der Waals surface area contributed by atoms with Gasteiger partial charge in [0.2, 0.25) is 0 Å². The predicted molar refractivity (Wildman–Crippen MR) is 146 cm³/mol. The van der Waals surface area contributed by atoms with Crippen molar-refractivity contribution in [2.45, 2.75) is 116 Å². The van der Waals surface area contributed by atoms with Crippen LogP contribution in [-0.2, 0) is 42.9 Å². The Balaban J connectivity index is 1.44. The Morgan fingerprint density at radius 2 is 1.55 bits per heavy atom. The number of aliphatic hydroxyl groups is 3. The van der Waals surface area contributed by atoms with Crippen LogP contribution in [0.25, 0.3) is 0 Å². The Morgan fingerprint density at radius 3 is 2.16 bits per heavy atom. The molecular weight excluding hydrogens is 576 g/mol. The van der Waals surface area contributed by atoms with Gasteiger partial charge in [-0.15, -0.1) is 0 Å². The Labute approximate surface area is 255 Å². The van der Waals surface area contributed by atoms with Gasteiger partial charge in [-0.05, 0) is 37.5 Å². The maximum absolute atomic E-state index is 15.1. The van der Waals surface area contributed by atoms with E-state index in [-0.39, 0.29) is 24.5 Å². The lowest BCUT2D eigenvalue weighted by Crippen LogP contribution is -2.77. The van der Waals surface area contributed by atoms with E-state index in [1.54, 1.807) is 13.8 Å². The first-order valence-electron chi connectivity index (χ1n) is 15.7. The second-order valence-corrected chi connectivity index (χ2v) is 15.6. The number of hydrogen-bond acceptors (Lipinski definition) is 12. The van der Waals surface area contributed by atoms with Crippen molar-refractivity contribution in [1.29, 1.82) is 0 Å². The lowest BCUT2D eigenvalue weighted by molar-refractivity contribution is -0.274. The van der Waals surface area contributed by atoms with Gasteiger partial charge in [-0.25, -0.2) is 4.79 Å². The van der Waals surface area contributed by atoms with Gasteiger partial charge in [-0.2, -0.15) is 0 Å². The van der Waals surface area contributed by atoms with Crippen LogP contribution in [0, 0.1) is 51.8 Å². The van der Waals surface area contributed by atoms with Crippen molar-refractivity contribution < 1.29 is 58.2 Å². The second kappa shape index (κ2) is 8.68. The molecule has 0 bridgehead atoms. The zero-order chi connectivity index (χ0) is 32.3. The molecule has 12 nitrogen and oxygen atoms in total. The number of rotatable bonds is 2. The predicted octanol–water partition coefficient (Wildman–Crippen LogP) is 0.498. The smallest absolute Gasteiger partial charge is 0.338 e. The third-order valence-electron chi connectivity index (χ3n) is 13.9. The van der Waals surface area contributed by atoms with Crippen LogP contribution >= 0.6 is 0 Å². The average molecular weight is 619 g/mol. The quantitative estimate of drug-likeness (QED) is 0.221. The van der Waals surface area contributed by atoms with E-state index in [0.29, 0.717) is 6.42 Å². The highest BCUT2D eigenvalue weighted by atomic mass is 16.6. The van der Waals surface area contributed by atoms with E-state index in [1.807, 2.05) is 13.8 Å². The molecule has 0 unspecified atom stereocenters. The minimum atomic E-state index is -2.05. The van der Waals surface area contributed by atoms with E-state index in [9.17, 15) is 34.5 Å². The molecule has 5 saturated carbocycles. The number of epoxide rings is 1. The summed E-state index contributed by atoms with van der Waals surface area (Å²) < 4.78 is 23.3. The summed E-state index contributed by atoms with van der Waals surface area (Å²) in [4.78, 5) is 67.5. The third kappa shape index (κ3) is 3.16. The average Bonchev–Trinajstić information content (AvgIpc) is 3.59.